The molecular formula is C6H10N4S. The highest BCUT2D eigenvalue weighted by Gasteiger charge is 2.10. The molecule has 1 aromatic rings. The Hall–Kier alpha value is -0.970. The van der Waals surface area contributed by atoms with E-state index in [1.807, 2.05) is 6.92 Å². The summed E-state index contributed by atoms with van der Waals surface area (Å²) >= 11 is 4.85. The molecule has 1 unspecified atom stereocenters. The third kappa shape index (κ3) is 1.74. The quantitative estimate of drug-likeness (QED) is 0.672. The highest BCUT2D eigenvalue weighted by atomic mass is 32.1. The Labute approximate surface area is 70.4 Å². The first kappa shape index (κ1) is 8.13. The van der Waals surface area contributed by atoms with E-state index < -0.39 is 0 Å². The molecule has 0 aliphatic heterocycles. The summed E-state index contributed by atoms with van der Waals surface area (Å²) in [5.41, 5.74) is 5.48. The van der Waals surface area contributed by atoms with Crippen LogP contribution in [0.1, 0.15) is 19.4 Å². The van der Waals surface area contributed by atoms with Crippen molar-refractivity contribution in [1.29, 1.82) is 0 Å². The van der Waals surface area contributed by atoms with Crippen LogP contribution in [0.3, 0.4) is 0 Å². The van der Waals surface area contributed by atoms with Crippen molar-refractivity contribution in [3.05, 3.63) is 12.7 Å². The molecule has 0 aliphatic rings. The Morgan fingerprint density at radius 1 is 1.82 bits per heavy atom. The molecule has 0 amide bonds. The molecular weight excluding hydrogens is 160 g/mol. The summed E-state index contributed by atoms with van der Waals surface area (Å²) in [4.78, 5) is 4.27. The minimum absolute atomic E-state index is 0.00694. The zero-order valence-corrected chi connectivity index (χ0v) is 7.08. The molecule has 1 rings (SSSR count). The largest absolute Gasteiger partial charge is 0.392 e. The molecule has 4 nitrogen and oxygen atoms in total. The van der Waals surface area contributed by atoms with Gasteiger partial charge in [-0.05, 0) is 6.42 Å². The molecule has 0 saturated carbocycles. The van der Waals surface area contributed by atoms with Gasteiger partial charge in [0, 0.05) is 0 Å². The zero-order chi connectivity index (χ0) is 8.27. The summed E-state index contributed by atoms with van der Waals surface area (Å²) in [6.07, 6.45) is 3.94. The lowest BCUT2D eigenvalue weighted by Crippen LogP contribution is -2.24. The molecule has 0 aromatic carbocycles. The maximum Gasteiger partial charge on any atom is 0.137 e. The Morgan fingerprint density at radius 2 is 2.55 bits per heavy atom. The number of nitrogens with two attached hydrogens (primary N) is 1. The van der Waals surface area contributed by atoms with Gasteiger partial charge in [-0.1, -0.05) is 19.1 Å². The Kier molecular flexibility index (Phi) is 2.53. The van der Waals surface area contributed by atoms with Gasteiger partial charge in [0.15, 0.2) is 0 Å². The molecule has 0 bridgehead atoms. The number of nitrogens with zero attached hydrogens (tertiary/aromatic N) is 3. The Bertz CT molecular complexity index is 231. The van der Waals surface area contributed by atoms with Gasteiger partial charge in [-0.2, -0.15) is 5.10 Å². The van der Waals surface area contributed by atoms with Crippen molar-refractivity contribution in [2.75, 3.05) is 0 Å². The first-order valence-corrected chi connectivity index (χ1v) is 3.80. The average Bonchev–Trinajstić information content (AvgIpc) is 2.40. The van der Waals surface area contributed by atoms with Gasteiger partial charge in [0.25, 0.3) is 0 Å². The minimum Gasteiger partial charge on any atom is -0.392 e. The van der Waals surface area contributed by atoms with E-state index in [1.54, 1.807) is 11.0 Å². The van der Waals surface area contributed by atoms with Gasteiger partial charge in [0.2, 0.25) is 0 Å². The van der Waals surface area contributed by atoms with Crippen LogP contribution in [-0.2, 0) is 0 Å². The number of rotatable bonds is 3. The van der Waals surface area contributed by atoms with Crippen LogP contribution in [0.25, 0.3) is 0 Å². The molecule has 60 valence electrons. The molecule has 0 spiro atoms. The number of thiocarbonyl (C=S) groups is 1. The molecule has 1 heterocycles. The molecule has 0 aliphatic carbocycles. The third-order valence-electron chi connectivity index (χ3n) is 1.47. The molecule has 11 heavy (non-hydrogen) atoms. The third-order valence-corrected chi connectivity index (χ3v) is 1.74. The van der Waals surface area contributed by atoms with Gasteiger partial charge in [0.05, 0.1) is 4.99 Å². The second-order valence-electron chi connectivity index (χ2n) is 2.20. The van der Waals surface area contributed by atoms with Crippen molar-refractivity contribution < 1.29 is 0 Å². The zero-order valence-electron chi connectivity index (χ0n) is 6.27. The maximum atomic E-state index is 5.48. The van der Waals surface area contributed by atoms with Crippen molar-refractivity contribution in [3.63, 3.8) is 0 Å². The Balaban J connectivity index is 2.79. The van der Waals surface area contributed by atoms with E-state index in [0.29, 0.717) is 4.99 Å². The normalized spacial score (nSPS) is 12.8. The summed E-state index contributed by atoms with van der Waals surface area (Å²) in [7, 11) is 0. The van der Waals surface area contributed by atoms with Crippen LogP contribution < -0.4 is 5.73 Å². The molecule has 2 N–H and O–H groups in total. The van der Waals surface area contributed by atoms with E-state index in [1.165, 1.54) is 6.33 Å². The van der Waals surface area contributed by atoms with Crippen molar-refractivity contribution in [1.82, 2.24) is 14.8 Å². The van der Waals surface area contributed by atoms with Gasteiger partial charge >= 0.3 is 0 Å². The van der Waals surface area contributed by atoms with Crippen LogP contribution in [0.15, 0.2) is 12.7 Å². The van der Waals surface area contributed by atoms with Gasteiger partial charge in [-0.3, -0.25) is 0 Å². The van der Waals surface area contributed by atoms with E-state index in [0.717, 1.165) is 6.42 Å². The minimum atomic E-state index is 0.00694. The van der Waals surface area contributed by atoms with Crippen LogP contribution in [0.2, 0.25) is 0 Å². The van der Waals surface area contributed by atoms with E-state index >= 15 is 0 Å². The highest BCUT2D eigenvalue weighted by Crippen LogP contribution is 2.07. The SMILES string of the molecule is CCC(C(N)=S)n1cncn1. The molecule has 1 atom stereocenters. The van der Waals surface area contributed by atoms with Crippen molar-refractivity contribution in [2.45, 2.75) is 19.4 Å². The smallest absolute Gasteiger partial charge is 0.137 e. The fourth-order valence-corrected chi connectivity index (χ4v) is 1.17. The molecule has 1 aromatic heterocycles. The van der Waals surface area contributed by atoms with Crippen molar-refractivity contribution in [3.8, 4) is 0 Å². The first-order valence-electron chi connectivity index (χ1n) is 3.39. The maximum absolute atomic E-state index is 5.48. The average molecular weight is 170 g/mol. The van der Waals surface area contributed by atoms with Crippen LogP contribution >= 0.6 is 12.2 Å². The summed E-state index contributed by atoms with van der Waals surface area (Å²) < 4.78 is 1.67. The van der Waals surface area contributed by atoms with E-state index in [-0.39, 0.29) is 6.04 Å². The lowest BCUT2D eigenvalue weighted by Gasteiger charge is -2.11. The highest BCUT2D eigenvalue weighted by molar-refractivity contribution is 7.80. The second kappa shape index (κ2) is 3.43. The predicted octanol–water partition coefficient (Wildman–Crippen LogP) is 0.515. The van der Waals surface area contributed by atoms with Crippen molar-refractivity contribution >= 4 is 17.2 Å². The fraction of sp³-hybridized carbons (Fsp3) is 0.500. The summed E-state index contributed by atoms with van der Waals surface area (Å²) in [6.45, 7) is 2.01. The van der Waals surface area contributed by atoms with Gasteiger partial charge in [-0.15, -0.1) is 0 Å². The summed E-state index contributed by atoms with van der Waals surface area (Å²) in [5.74, 6) is 0. The van der Waals surface area contributed by atoms with Crippen LogP contribution in [0.4, 0.5) is 0 Å². The topological polar surface area (TPSA) is 56.7 Å². The van der Waals surface area contributed by atoms with Crippen LogP contribution in [0, 0.1) is 0 Å². The predicted molar refractivity (Wildman–Crippen MR) is 46.1 cm³/mol. The first-order chi connectivity index (χ1) is 5.25. The molecule has 5 heteroatoms. The number of aromatic nitrogens is 3. The van der Waals surface area contributed by atoms with E-state index in [4.69, 9.17) is 18.0 Å². The Morgan fingerprint density at radius 3 is 2.91 bits per heavy atom. The van der Waals surface area contributed by atoms with E-state index in [9.17, 15) is 0 Å². The lowest BCUT2D eigenvalue weighted by atomic mass is 10.2. The molecule has 0 saturated heterocycles. The monoisotopic (exact) mass is 170 g/mol. The number of hydrogen-bond acceptors (Lipinski definition) is 3. The van der Waals surface area contributed by atoms with Gasteiger partial charge in [-0.25, -0.2) is 9.67 Å². The fourth-order valence-electron chi connectivity index (χ4n) is 0.897. The number of hydrogen-bond donors (Lipinski definition) is 1. The second-order valence-corrected chi connectivity index (χ2v) is 2.67. The van der Waals surface area contributed by atoms with Crippen LogP contribution in [-0.4, -0.2) is 19.8 Å². The summed E-state index contributed by atoms with van der Waals surface area (Å²) in [5, 5.41) is 3.95. The standard InChI is InChI=1S/C6H10N4S/c1-2-5(6(7)11)10-4-8-3-9-10/h3-5H,2H2,1H3,(H2,7,11). The molecule has 0 radical (unpaired) electrons. The summed E-state index contributed by atoms with van der Waals surface area (Å²) in [6, 6.07) is 0.00694. The van der Waals surface area contributed by atoms with Crippen LogP contribution in [0.5, 0.6) is 0 Å². The van der Waals surface area contributed by atoms with E-state index in [2.05, 4.69) is 10.1 Å². The molecule has 0 fully saturated rings. The van der Waals surface area contributed by atoms with Gasteiger partial charge < -0.3 is 5.73 Å². The lowest BCUT2D eigenvalue weighted by molar-refractivity contribution is 0.552. The van der Waals surface area contributed by atoms with Crippen molar-refractivity contribution in [2.24, 2.45) is 5.73 Å². The van der Waals surface area contributed by atoms with Gasteiger partial charge in [0.1, 0.15) is 18.7 Å².